The van der Waals surface area contributed by atoms with Crippen LogP contribution in [0.5, 0.6) is 0 Å². The minimum Gasteiger partial charge on any atom is -0.335 e. The van der Waals surface area contributed by atoms with E-state index in [-0.39, 0.29) is 23.0 Å². The highest BCUT2D eigenvalue weighted by atomic mass is 79.9. The SMILES string of the molecule is Br.CN(C)C(=O)NC1CCCCC1. The van der Waals surface area contributed by atoms with E-state index >= 15 is 0 Å². The van der Waals surface area contributed by atoms with Crippen LogP contribution in [0.1, 0.15) is 32.1 Å². The summed E-state index contributed by atoms with van der Waals surface area (Å²) >= 11 is 0. The third-order valence-corrected chi connectivity index (χ3v) is 2.34. The van der Waals surface area contributed by atoms with Crippen molar-refractivity contribution >= 4 is 23.0 Å². The molecule has 1 rings (SSSR count). The summed E-state index contributed by atoms with van der Waals surface area (Å²) in [5.74, 6) is 0. The average molecular weight is 251 g/mol. The molecule has 0 bridgehead atoms. The zero-order valence-corrected chi connectivity index (χ0v) is 10.1. The number of urea groups is 1. The Morgan fingerprint density at radius 3 is 2.23 bits per heavy atom. The van der Waals surface area contributed by atoms with Crippen molar-refractivity contribution in [3.8, 4) is 0 Å². The molecule has 0 aliphatic heterocycles. The van der Waals surface area contributed by atoms with Crippen molar-refractivity contribution in [2.75, 3.05) is 14.1 Å². The second kappa shape index (κ2) is 6.24. The lowest BCUT2D eigenvalue weighted by molar-refractivity contribution is 0.209. The Hall–Kier alpha value is -0.250. The number of hydrogen-bond acceptors (Lipinski definition) is 1. The fourth-order valence-corrected chi connectivity index (χ4v) is 1.55. The molecule has 0 aromatic rings. The van der Waals surface area contributed by atoms with Crippen LogP contribution in [0.4, 0.5) is 4.79 Å². The summed E-state index contributed by atoms with van der Waals surface area (Å²) in [6.45, 7) is 0. The highest BCUT2D eigenvalue weighted by molar-refractivity contribution is 8.93. The van der Waals surface area contributed by atoms with Crippen molar-refractivity contribution in [2.24, 2.45) is 0 Å². The Labute approximate surface area is 90.6 Å². The third-order valence-electron chi connectivity index (χ3n) is 2.34. The van der Waals surface area contributed by atoms with Gasteiger partial charge < -0.3 is 10.2 Å². The van der Waals surface area contributed by atoms with Crippen molar-refractivity contribution in [3.63, 3.8) is 0 Å². The van der Waals surface area contributed by atoms with E-state index in [9.17, 15) is 4.79 Å². The van der Waals surface area contributed by atoms with Gasteiger partial charge in [-0.25, -0.2) is 4.79 Å². The van der Waals surface area contributed by atoms with E-state index in [0.717, 1.165) is 12.8 Å². The number of amides is 2. The minimum atomic E-state index is 0. The summed E-state index contributed by atoms with van der Waals surface area (Å²) in [5.41, 5.74) is 0. The first kappa shape index (κ1) is 12.8. The fraction of sp³-hybridized carbons (Fsp3) is 0.889. The van der Waals surface area contributed by atoms with Crippen molar-refractivity contribution in [1.82, 2.24) is 10.2 Å². The number of rotatable bonds is 1. The highest BCUT2D eigenvalue weighted by Crippen LogP contribution is 2.17. The van der Waals surface area contributed by atoms with E-state index in [1.807, 2.05) is 0 Å². The Balaban J connectivity index is 0.00000144. The molecule has 78 valence electrons. The molecule has 1 aliphatic carbocycles. The topological polar surface area (TPSA) is 32.3 Å². The smallest absolute Gasteiger partial charge is 0.317 e. The second-order valence-electron chi connectivity index (χ2n) is 3.68. The molecule has 0 aromatic heterocycles. The molecule has 0 heterocycles. The first-order valence-electron chi connectivity index (χ1n) is 4.68. The average Bonchev–Trinajstić information content (AvgIpc) is 2.06. The summed E-state index contributed by atoms with van der Waals surface area (Å²) in [7, 11) is 3.55. The van der Waals surface area contributed by atoms with Gasteiger partial charge in [0.15, 0.2) is 0 Å². The quantitative estimate of drug-likeness (QED) is 0.761. The number of halogens is 1. The van der Waals surface area contributed by atoms with Crippen molar-refractivity contribution in [1.29, 1.82) is 0 Å². The van der Waals surface area contributed by atoms with Crippen LogP contribution >= 0.6 is 17.0 Å². The van der Waals surface area contributed by atoms with Crippen LogP contribution in [0.2, 0.25) is 0 Å². The van der Waals surface area contributed by atoms with Gasteiger partial charge in [-0.15, -0.1) is 17.0 Å². The number of carbonyl (C=O) groups is 1. The predicted molar refractivity (Wildman–Crippen MR) is 59.4 cm³/mol. The zero-order valence-electron chi connectivity index (χ0n) is 8.38. The lowest BCUT2D eigenvalue weighted by Gasteiger charge is -2.24. The molecule has 0 atom stereocenters. The first-order valence-corrected chi connectivity index (χ1v) is 4.68. The maximum Gasteiger partial charge on any atom is 0.317 e. The molecule has 3 nitrogen and oxygen atoms in total. The number of nitrogens with zero attached hydrogens (tertiary/aromatic N) is 1. The Bertz CT molecular complexity index is 156. The molecular weight excluding hydrogens is 232 g/mol. The van der Waals surface area contributed by atoms with E-state index in [4.69, 9.17) is 0 Å². The molecule has 0 saturated heterocycles. The van der Waals surface area contributed by atoms with Gasteiger partial charge in [0.1, 0.15) is 0 Å². The zero-order chi connectivity index (χ0) is 8.97. The Morgan fingerprint density at radius 1 is 1.23 bits per heavy atom. The van der Waals surface area contributed by atoms with Gasteiger partial charge in [0.05, 0.1) is 0 Å². The van der Waals surface area contributed by atoms with E-state index in [2.05, 4.69) is 5.32 Å². The van der Waals surface area contributed by atoms with Crippen LogP contribution in [0, 0.1) is 0 Å². The van der Waals surface area contributed by atoms with Gasteiger partial charge in [-0.1, -0.05) is 19.3 Å². The van der Waals surface area contributed by atoms with Crippen molar-refractivity contribution in [2.45, 2.75) is 38.1 Å². The summed E-state index contributed by atoms with van der Waals surface area (Å²) < 4.78 is 0. The molecule has 1 N–H and O–H groups in total. The molecule has 0 radical (unpaired) electrons. The van der Waals surface area contributed by atoms with Gasteiger partial charge in [-0.05, 0) is 12.8 Å². The molecule has 0 spiro atoms. The molecule has 0 aromatic carbocycles. The Morgan fingerprint density at radius 2 is 1.77 bits per heavy atom. The van der Waals surface area contributed by atoms with Crippen molar-refractivity contribution in [3.05, 3.63) is 0 Å². The van der Waals surface area contributed by atoms with Crippen LogP contribution in [-0.2, 0) is 0 Å². The monoisotopic (exact) mass is 250 g/mol. The lowest BCUT2D eigenvalue weighted by atomic mass is 9.96. The van der Waals surface area contributed by atoms with Crippen LogP contribution < -0.4 is 5.32 Å². The van der Waals surface area contributed by atoms with Crippen LogP contribution in [-0.4, -0.2) is 31.1 Å². The van der Waals surface area contributed by atoms with Crippen LogP contribution in [0.25, 0.3) is 0 Å². The summed E-state index contributed by atoms with van der Waals surface area (Å²) in [6, 6.07) is 0.468. The number of nitrogens with one attached hydrogen (secondary N) is 1. The molecule has 13 heavy (non-hydrogen) atoms. The summed E-state index contributed by atoms with van der Waals surface area (Å²) in [6.07, 6.45) is 6.16. The van der Waals surface area contributed by atoms with E-state index in [0.29, 0.717) is 6.04 Å². The van der Waals surface area contributed by atoms with E-state index in [1.165, 1.54) is 19.3 Å². The number of hydrogen-bond donors (Lipinski definition) is 1. The van der Waals surface area contributed by atoms with Gasteiger partial charge in [-0.3, -0.25) is 0 Å². The normalized spacial score (nSPS) is 17.4. The molecule has 4 heteroatoms. The standard InChI is InChI=1S/C9H18N2O.BrH/c1-11(2)9(12)10-8-6-4-3-5-7-8;/h8H,3-7H2,1-2H3,(H,10,12);1H. The maximum atomic E-state index is 11.2. The molecular formula is C9H19BrN2O. The summed E-state index contributed by atoms with van der Waals surface area (Å²) in [4.78, 5) is 12.8. The minimum absolute atomic E-state index is 0. The van der Waals surface area contributed by atoms with E-state index < -0.39 is 0 Å². The Kier molecular flexibility index (Phi) is 6.12. The highest BCUT2D eigenvalue weighted by Gasteiger charge is 2.15. The largest absolute Gasteiger partial charge is 0.335 e. The molecule has 0 unspecified atom stereocenters. The second-order valence-corrected chi connectivity index (χ2v) is 3.68. The maximum absolute atomic E-state index is 11.2. The van der Waals surface area contributed by atoms with Gasteiger partial charge >= 0.3 is 6.03 Å². The van der Waals surface area contributed by atoms with Gasteiger partial charge in [0.25, 0.3) is 0 Å². The molecule has 1 fully saturated rings. The van der Waals surface area contributed by atoms with Gasteiger partial charge in [-0.2, -0.15) is 0 Å². The summed E-state index contributed by atoms with van der Waals surface area (Å²) in [5, 5.41) is 3.01. The molecule has 1 aliphatic rings. The third kappa shape index (κ3) is 4.50. The van der Waals surface area contributed by atoms with Gasteiger partial charge in [0.2, 0.25) is 0 Å². The number of carbonyl (C=O) groups excluding carboxylic acids is 1. The predicted octanol–water partition coefficient (Wildman–Crippen LogP) is 2.17. The van der Waals surface area contributed by atoms with E-state index in [1.54, 1.807) is 19.0 Å². The van der Waals surface area contributed by atoms with Gasteiger partial charge in [0, 0.05) is 20.1 Å². The molecule has 2 amide bonds. The fourth-order valence-electron chi connectivity index (χ4n) is 1.55. The van der Waals surface area contributed by atoms with Crippen LogP contribution in [0.15, 0.2) is 0 Å². The lowest BCUT2D eigenvalue weighted by Crippen LogP contribution is -2.42. The molecule has 1 saturated carbocycles. The van der Waals surface area contributed by atoms with Crippen LogP contribution in [0.3, 0.4) is 0 Å². The van der Waals surface area contributed by atoms with Crippen molar-refractivity contribution < 1.29 is 4.79 Å². The first-order chi connectivity index (χ1) is 5.70.